The first kappa shape index (κ1) is 17.9. The van der Waals surface area contributed by atoms with E-state index in [2.05, 4.69) is 14.8 Å². The van der Waals surface area contributed by atoms with Crippen molar-refractivity contribution in [3.8, 4) is 0 Å². The van der Waals surface area contributed by atoms with Crippen LogP contribution in [0.5, 0.6) is 0 Å². The van der Waals surface area contributed by atoms with E-state index in [1.165, 1.54) is 6.07 Å². The van der Waals surface area contributed by atoms with Crippen LogP contribution in [0.15, 0.2) is 48.7 Å². The summed E-state index contributed by atoms with van der Waals surface area (Å²) < 4.78 is 14.0. The van der Waals surface area contributed by atoms with Gasteiger partial charge in [0.1, 0.15) is 11.6 Å². The van der Waals surface area contributed by atoms with Gasteiger partial charge in [-0.25, -0.2) is 9.37 Å². The molecule has 2 aromatic rings. The van der Waals surface area contributed by atoms with Gasteiger partial charge in [-0.15, -0.1) is 0 Å². The maximum atomic E-state index is 14.0. The molecule has 27 heavy (non-hydrogen) atoms. The Morgan fingerprint density at radius 2 is 1.81 bits per heavy atom. The van der Waals surface area contributed by atoms with E-state index in [1.807, 2.05) is 29.2 Å². The zero-order valence-corrected chi connectivity index (χ0v) is 15.4. The Morgan fingerprint density at radius 3 is 2.56 bits per heavy atom. The standard InChI is InChI=1S/C21H25FN4O/c22-18-7-2-1-6-17(18)16-26-11-5-8-19(26)21(27)25-14-12-24(13-15-25)20-9-3-4-10-23-20/h1-4,6-7,9-10,19H,5,8,11-16H2. The quantitative estimate of drug-likeness (QED) is 0.832. The number of likely N-dealkylation sites (tertiary alicyclic amines) is 1. The minimum absolute atomic E-state index is 0.133. The van der Waals surface area contributed by atoms with Crippen LogP contribution in [0.2, 0.25) is 0 Å². The number of carbonyl (C=O) groups excluding carboxylic acids is 1. The Balaban J connectivity index is 1.37. The summed E-state index contributed by atoms with van der Waals surface area (Å²) in [5.74, 6) is 0.954. The average molecular weight is 368 g/mol. The molecular formula is C21H25FN4O. The summed E-state index contributed by atoms with van der Waals surface area (Å²) in [6, 6.07) is 12.6. The predicted molar refractivity (Wildman–Crippen MR) is 103 cm³/mol. The van der Waals surface area contributed by atoms with Crippen LogP contribution in [0.3, 0.4) is 0 Å². The normalized spacial score (nSPS) is 20.9. The number of piperazine rings is 1. The van der Waals surface area contributed by atoms with Gasteiger partial charge in [0.15, 0.2) is 0 Å². The third kappa shape index (κ3) is 3.95. The fourth-order valence-electron chi connectivity index (χ4n) is 4.05. The lowest BCUT2D eigenvalue weighted by molar-refractivity contribution is -0.136. The molecular weight excluding hydrogens is 343 g/mol. The summed E-state index contributed by atoms with van der Waals surface area (Å²) in [5, 5.41) is 0. The zero-order valence-electron chi connectivity index (χ0n) is 15.4. The Morgan fingerprint density at radius 1 is 1.04 bits per heavy atom. The first-order valence-corrected chi connectivity index (χ1v) is 9.64. The second-order valence-electron chi connectivity index (χ2n) is 7.22. The smallest absolute Gasteiger partial charge is 0.240 e. The van der Waals surface area contributed by atoms with Crippen molar-refractivity contribution in [3.63, 3.8) is 0 Å². The van der Waals surface area contributed by atoms with Crippen molar-refractivity contribution in [2.24, 2.45) is 0 Å². The van der Waals surface area contributed by atoms with Gasteiger partial charge in [0.05, 0.1) is 6.04 Å². The van der Waals surface area contributed by atoms with Gasteiger partial charge in [-0.05, 0) is 37.6 Å². The lowest BCUT2D eigenvalue weighted by Gasteiger charge is -2.37. The Hall–Kier alpha value is -2.47. The molecule has 3 heterocycles. The predicted octanol–water partition coefficient (Wildman–Crippen LogP) is 2.53. The molecule has 2 fully saturated rings. The molecule has 142 valence electrons. The van der Waals surface area contributed by atoms with Gasteiger partial charge in [0, 0.05) is 44.5 Å². The first-order valence-electron chi connectivity index (χ1n) is 9.64. The van der Waals surface area contributed by atoms with Crippen molar-refractivity contribution in [1.29, 1.82) is 0 Å². The maximum Gasteiger partial charge on any atom is 0.240 e. The third-order valence-electron chi connectivity index (χ3n) is 5.54. The van der Waals surface area contributed by atoms with Crippen molar-refractivity contribution in [1.82, 2.24) is 14.8 Å². The summed E-state index contributed by atoms with van der Waals surface area (Å²) in [5.41, 5.74) is 0.664. The van der Waals surface area contributed by atoms with E-state index in [9.17, 15) is 9.18 Å². The molecule has 0 radical (unpaired) electrons. The van der Waals surface area contributed by atoms with E-state index in [0.717, 1.165) is 38.3 Å². The van der Waals surface area contributed by atoms with Crippen LogP contribution in [-0.2, 0) is 11.3 Å². The minimum Gasteiger partial charge on any atom is -0.353 e. The molecule has 2 aliphatic heterocycles. The second kappa shape index (κ2) is 8.05. The molecule has 2 aliphatic rings. The van der Waals surface area contributed by atoms with Gasteiger partial charge in [-0.1, -0.05) is 24.3 Å². The molecule has 1 unspecified atom stereocenters. The number of benzene rings is 1. The number of rotatable bonds is 4. The van der Waals surface area contributed by atoms with E-state index in [-0.39, 0.29) is 17.8 Å². The third-order valence-corrected chi connectivity index (χ3v) is 5.54. The summed E-state index contributed by atoms with van der Waals surface area (Å²) in [4.78, 5) is 23.8. The fraction of sp³-hybridized carbons (Fsp3) is 0.429. The maximum absolute atomic E-state index is 14.0. The highest BCUT2D eigenvalue weighted by molar-refractivity contribution is 5.82. The molecule has 1 aromatic heterocycles. The van der Waals surface area contributed by atoms with E-state index >= 15 is 0 Å². The van der Waals surface area contributed by atoms with Crippen molar-refractivity contribution in [3.05, 3.63) is 60.0 Å². The molecule has 0 N–H and O–H groups in total. The van der Waals surface area contributed by atoms with Crippen molar-refractivity contribution in [2.45, 2.75) is 25.4 Å². The van der Waals surface area contributed by atoms with Gasteiger partial charge < -0.3 is 9.80 Å². The van der Waals surface area contributed by atoms with Gasteiger partial charge >= 0.3 is 0 Å². The lowest BCUT2D eigenvalue weighted by Crippen LogP contribution is -2.53. The molecule has 0 bridgehead atoms. The van der Waals surface area contributed by atoms with Crippen LogP contribution in [0.25, 0.3) is 0 Å². The number of hydrogen-bond donors (Lipinski definition) is 0. The summed E-state index contributed by atoms with van der Waals surface area (Å²) in [6.07, 6.45) is 3.64. The van der Waals surface area contributed by atoms with Gasteiger partial charge in [-0.3, -0.25) is 9.69 Å². The monoisotopic (exact) mass is 368 g/mol. The van der Waals surface area contributed by atoms with Crippen LogP contribution in [0, 0.1) is 5.82 Å². The molecule has 0 spiro atoms. The minimum atomic E-state index is -0.195. The number of nitrogens with zero attached hydrogens (tertiary/aromatic N) is 4. The SMILES string of the molecule is O=C(C1CCCN1Cc1ccccc1F)N1CCN(c2ccccn2)CC1. The largest absolute Gasteiger partial charge is 0.353 e. The molecule has 0 aliphatic carbocycles. The number of aromatic nitrogens is 1. The first-order chi connectivity index (χ1) is 13.2. The van der Waals surface area contributed by atoms with Gasteiger partial charge in [-0.2, -0.15) is 0 Å². The Bertz CT molecular complexity index is 777. The van der Waals surface area contributed by atoms with E-state index in [0.29, 0.717) is 25.2 Å². The van der Waals surface area contributed by atoms with Crippen LogP contribution >= 0.6 is 0 Å². The number of anilines is 1. The Kier molecular flexibility index (Phi) is 5.34. The highest BCUT2D eigenvalue weighted by atomic mass is 19.1. The topological polar surface area (TPSA) is 39.7 Å². The fourth-order valence-corrected chi connectivity index (χ4v) is 4.05. The van der Waals surface area contributed by atoms with E-state index in [4.69, 9.17) is 0 Å². The summed E-state index contributed by atoms with van der Waals surface area (Å²) in [6.45, 7) is 4.35. The van der Waals surface area contributed by atoms with Crippen LogP contribution in [0.1, 0.15) is 18.4 Å². The number of amides is 1. The molecule has 1 amide bonds. The molecule has 4 rings (SSSR count). The average Bonchev–Trinajstić information content (AvgIpc) is 3.18. The summed E-state index contributed by atoms with van der Waals surface area (Å²) >= 11 is 0. The van der Waals surface area contributed by atoms with E-state index < -0.39 is 0 Å². The molecule has 0 saturated carbocycles. The Labute approximate surface area is 159 Å². The second-order valence-corrected chi connectivity index (χ2v) is 7.22. The van der Waals surface area contributed by atoms with Crippen LogP contribution in [0.4, 0.5) is 10.2 Å². The van der Waals surface area contributed by atoms with Crippen molar-refractivity contribution < 1.29 is 9.18 Å². The number of hydrogen-bond acceptors (Lipinski definition) is 4. The van der Waals surface area contributed by atoms with Crippen molar-refractivity contribution >= 4 is 11.7 Å². The molecule has 1 aromatic carbocycles. The van der Waals surface area contributed by atoms with Crippen LogP contribution in [-0.4, -0.2) is 59.5 Å². The van der Waals surface area contributed by atoms with Crippen LogP contribution < -0.4 is 4.90 Å². The molecule has 5 nitrogen and oxygen atoms in total. The van der Waals surface area contributed by atoms with E-state index in [1.54, 1.807) is 18.3 Å². The highest BCUT2D eigenvalue weighted by Gasteiger charge is 2.35. The molecule has 2 saturated heterocycles. The molecule has 1 atom stereocenters. The number of pyridine rings is 1. The zero-order chi connectivity index (χ0) is 18.6. The summed E-state index contributed by atoms with van der Waals surface area (Å²) in [7, 11) is 0. The number of carbonyl (C=O) groups is 1. The van der Waals surface area contributed by atoms with Gasteiger partial charge in [0.2, 0.25) is 5.91 Å². The highest BCUT2D eigenvalue weighted by Crippen LogP contribution is 2.24. The van der Waals surface area contributed by atoms with Crippen molar-refractivity contribution in [2.75, 3.05) is 37.6 Å². The number of halogens is 1. The lowest BCUT2D eigenvalue weighted by atomic mass is 10.1. The molecule has 6 heteroatoms. The van der Waals surface area contributed by atoms with Gasteiger partial charge in [0.25, 0.3) is 0 Å².